The van der Waals surface area contributed by atoms with Crippen LogP contribution in [-0.4, -0.2) is 64.7 Å². The van der Waals surface area contributed by atoms with Crippen LogP contribution in [-0.2, 0) is 21.3 Å². The summed E-state index contributed by atoms with van der Waals surface area (Å²) < 4.78 is 28.3. The number of sulfonamides is 1. The molecule has 0 aliphatic carbocycles. The van der Waals surface area contributed by atoms with Crippen LogP contribution in [0.5, 0.6) is 0 Å². The van der Waals surface area contributed by atoms with Gasteiger partial charge in [-0.05, 0) is 31.5 Å². The predicted molar refractivity (Wildman–Crippen MR) is 102 cm³/mol. The first-order valence-corrected chi connectivity index (χ1v) is 10.2. The molecule has 1 heterocycles. The van der Waals surface area contributed by atoms with Gasteiger partial charge in [-0.15, -0.1) is 0 Å². The first-order chi connectivity index (χ1) is 12.2. The van der Waals surface area contributed by atoms with Crippen LogP contribution in [0, 0.1) is 0 Å². The molecule has 8 nitrogen and oxygen atoms in total. The quantitative estimate of drug-likeness (QED) is 0.475. The second-order valence-electron chi connectivity index (χ2n) is 6.88. The van der Waals surface area contributed by atoms with Gasteiger partial charge < -0.3 is 15.4 Å². The summed E-state index contributed by atoms with van der Waals surface area (Å²) in [6.07, 6.45) is 0. The molecule has 9 heteroatoms. The van der Waals surface area contributed by atoms with Crippen molar-refractivity contribution in [2.45, 2.75) is 30.8 Å². The van der Waals surface area contributed by atoms with Crippen molar-refractivity contribution in [1.82, 2.24) is 15.5 Å². The molecule has 0 unspecified atom stereocenters. The Kier molecular flexibility index (Phi) is 6.99. The second-order valence-corrected chi connectivity index (χ2v) is 8.45. The maximum absolute atomic E-state index is 11.5. The van der Waals surface area contributed by atoms with Gasteiger partial charge in [0.15, 0.2) is 5.96 Å². The highest BCUT2D eigenvalue weighted by Gasteiger charge is 2.28. The highest BCUT2D eigenvalue weighted by molar-refractivity contribution is 7.89. The number of rotatable bonds is 6. The van der Waals surface area contributed by atoms with E-state index in [-0.39, 0.29) is 10.4 Å². The van der Waals surface area contributed by atoms with Crippen molar-refractivity contribution >= 4 is 16.0 Å². The molecule has 0 aromatic heterocycles. The minimum Gasteiger partial charge on any atom is -0.379 e. The van der Waals surface area contributed by atoms with Gasteiger partial charge in [0, 0.05) is 38.8 Å². The van der Waals surface area contributed by atoms with Crippen LogP contribution in [0.3, 0.4) is 0 Å². The van der Waals surface area contributed by atoms with Crippen LogP contribution in [0.15, 0.2) is 34.2 Å². The minimum absolute atomic E-state index is 0.0328. The Hall–Kier alpha value is -1.68. The van der Waals surface area contributed by atoms with Crippen LogP contribution in [0.25, 0.3) is 0 Å². The van der Waals surface area contributed by atoms with Crippen molar-refractivity contribution < 1.29 is 13.2 Å². The fourth-order valence-electron chi connectivity index (χ4n) is 2.82. The molecule has 26 heavy (non-hydrogen) atoms. The van der Waals surface area contributed by atoms with E-state index < -0.39 is 10.0 Å². The van der Waals surface area contributed by atoms with Crippen LogP contribution in [0.1, 0.15) is 19.4 Å². The van der Waals surface area contributed by atoms with Crippen molar-refractivity contribution in [3.63, 3.8) is 0 Å². The zero-order valence-corrected chi connectivity index (χ0v) is 16.5. The molecule has 0 amide bonds. The van der Waals surface area contributed by atoms with Crippen molar-refractivity contribution in [2.75, 3.05) is 39.9 Å². The van der Waals surface area contributed by atoms with E-state index in [9.17, 15) is 8.42 Å². The largest absolute Gasteiger partial charge is 0.379 e. The third kappa shape index (κ3) is 5.94. The second kappa shape index (κ2) is 8.81. The normalized spacial score (nSPS) is 17.2. The Morgan fingerprint density at radius 3 is 2.62 bits per heavy atom. The topological polar surface area (TPSA) is 109 Å². The average molecular weight is 384 g/mol. The first kappa shape index (κ1) is 20.6. The Labute approximate surface area is 155 Å². The first-order valence-electron chi connectivity index (χ1n) is 8.61. The lowest BCUT2D eigenvalue weighted by molar-refractivity contribution is -0.00834. The van der Waals surface area contributed by atoms with Crippen molar-refractivity contribution in [1.29, 1.82) is 0 Å². The van der Waals surface area contributed by atoms with E-state index in [1.54, 1.807) is 19.2 Å². The van der Waals surface area contributed by atoms with E-state index in [2.05, 4.69) is 34.4 Å². The summed E-state index contributed by atoms with van der Waals surface area (Å²) in [4.78, 5) is 6.73. The van der Waals surface area contributed by atoms with E-state index >= 15 is 0 Å². The van der Waals surface area contributed by atoms with Gasteiger partial charge in [0.05, 0.1) is 18.1 Å². The van der Waals surface area contributed by atoms with Gasteiger partial charge in [0.2, 0.25) is 10.0 Å². The summed E-state index contributed by atoms with van der Waals surface area (Å²) in [5.41, 5.74) is 0.779. The van der Waals surface area contributed by atoms with Crippen LogP contribution in [0.2, 0.25) is 0 Å². The number of aliphatic imine (C=N–C) groups is 1. The summed E-state index contributed by atoms with van der Waals surface area (Å²) in [5.74, 6) is 0.660. The van der Waals surface area contributed by atoms with Gasteiger partial charge in [-0.3, -0.25) is 9.89 Å². The number of guanidine groups is 1. The van der Waals surface area contributed by atoms with Gasteiger partial charge in [-0.25, -0.2) is 13.6 Å². The van der Waals surface area contributed by atoms with Crippen molar-refractivity contribution in [3.8, 4) is 0 Å². The summed E-state index contributed by atoms with van der Waals surface area (Å²) in [6.45, 7) is 8.91. The summed E-state index contributed by atoms with van der Waals surface area (Å²) in [6, 6.07) is 6.56. The molecule has 146 valence electrons. The molecule has 2 rings (SSSR count). The van der Waals surface area contributed by atoms with Crippen LogP contribution in [0.4, 0.5) is 0 Å². The summed E-state index contributed by atoms with van der Waals surface area (Å²) in [5, 5.41) is 11.7. The number of hydrogen-bond donors (Lipinski definition) is 3. The summed E-state index contributed by atoms with van der Waals surface area (Å²) >= 11 is 0. The fraction of sp³-hybridized carbons (Fsp3) is 0.588. The number of benzene rings is 1. The maximum atomic E-state index is 11.5. The molecule has 0 spiro atoms. The number of morpholine rings is 1. The molecule has 1 aliphatic heterocycles. The third-order valence-corrected chi connectivity index (χ3v) is 5.38. The number of nitrogens with two attached hydrogens (primary N) is 1. The lowest BCUT2D eigenvalue weighted by Gasteiger charge is -2.41. The van der Waals surface area contributed by atoms with Gasteiger partial charge in [0.25, 0.3) is 0 Å². The van der Waals surface area contributed by atoms with E-state index in [0.717, 1.165) is 38.4 Å². The smallest absolute Gasteiger partial charge is 0.238 e. The fourth-order valence-corrected chi connectivity index (χ4v) is 3.40. The standard InChI is InChI=1S/C17H29N5O3S/c1-17(2,22-7-9-25-10-8-22)13-21-16(19-3)20-12-14-5-4-6-15(11-14)26(18,23)24/h4-6,11H,7-10,12-13H2,1-3H3,(H2,18,23,24)(H2,19,20,21). The Bertz CT molecular complexity index is 728. The zero-order chi connectivity index (χ0) is 19.2. The predicted octanol–water partition coefficient (Wildman–Crippen LogP) is 0.110. The SMILES string of the molecule is CN=C(NCc1cccc(S(N)(=O)=O)c1)NCC(C)(C)N1CCOCC1. The molecule has 1 aliphatic rings. The molecule has 0 atom stereocenters. The molecule has 1 aromatic rings. The van der Waals surface area contributed by atoms with E-state index in [0.29, 0.717) is 12.5 Å². The molecule has 0 saturated carbocycles. The molecule has 0 bridgehead atoms. The molecule has 1 fully saturated rings. The highest BCUT2D eigenvalue weighted by atomic mass is 32.2. The lowest BCUT2D eigenvalue weighted by Crippen LogP contribution is -2.56. The van der Waals surface area contributed by atoms with Gasteiger partial charge in [0.1, 0.15) is 0 Å². The molecule has 0 radical (unpaired) electrons. The molecule has 1 aromatic carbocycles. The van der Waals surface area contributed by atoms with Crippen LogP contribution >= 0.6 is 0 Å². The third-order valence-electron chi connectivity index (χ3n) is 4.47. The number of hydrogen-bond acceptors (Lipinski definition) is 5. The van der Waals surface area contributed by atoms with Crippen LogP contribution < -0.4 is 15.8 Å². The zero-order valence-electron chi connectivity index (χ0n) is 15.7. The number of ether oxygens (including phenoxy) is 1. The van der Waals surface area contributed by atoms with Gasteiger partial charge in [-0.1, -0.05) is 12.1 Å². The van der Waals surface area contributed by atoms with E-state index in [1.807, 2.05) is 6.07 Å². The number of nitrogens with one attached hydrogen (secondary N) is 2. The van der Waals surface area contributed by atoms with Crippen molar-refractivity contribution in [3.05, 3.63) is 29.8 Å². The molecule has 1 saturated heterocycles. The number of primary sulfonamides is 1. The monoisotopic (exact) mass is 383 g/mol. The maximum Gasteiger partial charge on any atom is 0.238 e. The molecular formula is C17H29N5O3S. The molecule has 4 N–H and O–H groups in total. The Morgan fingerprint density at radius 1 is 1.31 bits per heavy atom. The Balaban J connectivity index is 1.90. The minimum atomic E-state index is -3.70. The van der Waals surface area contributed by atoms with E-state index in [1.165, 1.54) is 6.07 Å². The lowest BCUT2D eigenvalue weighted by atomic mass is 10.0. The average Bonchev–Trinajstić information content (AvgIpc) is 2.62. The highest BCUT2D eigenvalue weighted by Crippen LogP contribution is 2.15. The molecular weight excluding hydrogens is 354 g/mol. The van der Waals surface area contributed by atoms with Gasteiger partial charge in [-0.2, -0.15) is 0 Å². The van der Waals surface area contributed by atoms with Gasteiger partial charge >= 0.3 is 0 Å². The number of nitrogens with zero attached hydrogens (tertiary/aromatic N) is 2. The summed E-state index contributed by atoms with van der Waals surface area (Å²) in [7, 11) is -1.99. The van der Waals surface area contributed by atoms with E-state index in [4.69, 9.17) is 9.88 Å². The Morgan fingerprint density at radius 2 is 2.00 bits per heavy atom. The van der Waals surface area contributed by atoms with Crippen molar-refractivity contribution in [2.24, 2.45) is 10.1 Å².